The van der Waals surface area contributed by atoms with Crippen molar-refractivity contribution in [1.82, 2.24) is 4.98 Å². The summed E-state index contributed by atoms with van der Waals surface area (Å²) in [7, 11) is -1.02. The minimum atomic E-state index is -1.02. The van der Waals surface area contributed by atoms with Crippen LogP contribution in [0.2, 0.25) is 5.15 Å². The molecule has 0 aliphatic heterocycles. The number of thiazole rings is 1. The molecular formula is C14H16ClN3O3S2. The number of amides is 1. The van der Waals surface area contributed by atoms with Crippen LogP contribution in [0.4, 0.5) is 5.00 Å². The number of anilines is 1. The Kier molecular flexibility index (Phi) is 6.09. The minimum absolute atomic E-state index is 0.147. The molecule has 1 unspecified atom stereocenters. The van der Waals surface area contributed by atoms with Gasteiger partial charge in [-0.15, -0.1) is 0 Å². The van der Waals surface area contributed by atoms with Crippen molar-refractivity contribution in [3.63, 3.8) is 0 Å². The molecule has 0 spiro atoms. The van der Waals surface area contributed by atoms with Gasteiger partial charge in [0.15, 0.2) is 17.5 Å². The van der Waals surface area contributed by atoms with Gasteiger partial charge in [-0.3, -0.25) is 9.00 Å². The van der Waals surface area contributed by atoms with Gasteiger partial charge in [0, 0.05) is 41.8 Å². The highest BCUT2D eigenvalue weighted by Gasteiger charge is 2.22. The van der Waals surface area contributed by atoms with Crippen LogP contribution in [0, 0.1) is 5.21 Å². The molecule has 2 aromatic rings. The second-order valence-corrected chi connectivity index (χ2v) is 7.62. The number of hydrogen-bond acceptors (Lipinski definition) is 5. The second kappa shape index (κ2) is 7.85. The maximum absolute atomic E-state index is 12.3. The van der Waals surface area contributed by atoms with E-state index < -0.39 is 10.8 Å². The highest BCUT2D eigenvalue weighted by Crippen LogP contribution is 2.37. The summed E-state index contributed by atoms with van der Waals surface area (Å²) >= 11 is 7.43. The van der Waals surface area contributed by atoms with Crippen LogP contribution in [0.15, 0.2) is 24.5 Å². The molecule has 2 aromatic heterocycles. The Balaban J connectivity index is 2.28. The van der Waals surface area contributed by atoms with Gasteiger partial charge in [-0.25, -0.2) is 4.98 Å². The Labute approximate surface area is 145 Å². The molecule has 1 amide bonds. The van der Waals surface area contributed by atoms with Gasteiger partial charge in [-0.2, -0.15) is 4.73 Å². The van der Waals surface area contributed by atoms with Crippen molar-refractivity contribution in [2.45, 2.75) is 13.3 Å². The summed E-state index contributed by atoms with van der Waals surface area (Å²) in [6.07, 6.45) is 4.53. The van der Waals surface area contributed by atoms with E-state index in [9.17, 15) is 14.2 Å². The van der Waals surface area contributed by atoms with Crippen LogP contribution in [0.3, 0.4) is 0 Å². The predicted octanol–water partition coefficient (Wildman–Crippen LogP) is 2.22. The van der Waals surface area contributed by atoms with Crippen LogP contribution < -0.4 is 9.63 Å². The van der Waals surface area contributed by atoms with E-state index in [2.05, 4.69) is 4.98 Å². The van der Waals surface area contributed by atoms with Crippen LogP contribution >= 0.6 is 22.9 Å². The molecule has 0 bridgehead atoms. The zero-order valence-corrected chi connectivity index (χ0v) is 15.1. The third-order valence-corrected chi connectivity index (χ3v) is 5.34. The summed E-state index contributed by atoms with van der Waals surface area (Å²) in [5, 5.41) is 12.7. The van der Waals surface area contributed by atoms with E-state index in [1.165, 1.54) is 28.6 Å². The lowest BCUT2D eigenvalue weighted by atomic mass is 10.3. The predicted molar refractivity (Wildman–Crippen MR) is 93.1 cm³/mol. The Morgan fingerprint density at radius 3 is 2.91 bits per heavy atom. The highest BCUT2D eigenvalue weighted by atomic mass is 35.5. The van der Waals surface area contributed by atoms with E-state index in [4.69, 9.17) is 11.6 Å². The third-order valence-electron chi connectivity index (χ3n) is 3.06. The Morgan fingerprint density at radius 1 is 1.57 bits per heavy atom. The fourth-order valence-electron chi connectivity index (χ4n) is 1.96. The average Bonchev–Trinajstić information content (AvgIpc) is 2.88. The van der Waals surface area contributed by atoms with Crippen molar-refractivity contribution in [3.8, 4) is 10.6 Å². The molecule has 0 aliphatic rings. The molecular weight excluding hydrogens is 358 g/mol. The molecule has 0 aromatic carbocycles. The zero-order valence-electron chi connectivity index (χ0n) is 12.7. The fourth-order valence-corrected chi connectivity index (χ4v) is 3.81. The van der Waals surface area contributed by atoms with Gasteiger partial charge < -0.3 is 10.1 Å². The van der Waals surface area contributed by atoms with E-state index in [1.54, 1.807) is 18.4 Å². The molecule has 6 nitrogen and oxygen atoms in total. The Bertz CT molecular complexity index is 736. The maximum atomic E-state index is 12.3. The summed E-state index contributed by atoms with van der Waals surface area (Å²) in [6, 6.07) is 3.38. The van der Waals surface area contributed by atoms with Crippen LogP contribution in [-0.4, -0.2) is 33.7 Å². The summed E-state index contributed by atoms with van der Waals surface area (Å²) in [6.45, 7) is 2.28. The van der Waals surface area contributed by atoms with Gasteiger partial charge in [0.1, 0.15) is 10.0 Å². The first-order chi connectivity index (χ1) is 10.9. The van der Waals surface area contributed by atoms with Crippen molar-refractivity contribution in [2.24, 2.45) is 0 Å². The largest absolute Gasteiger partial charge is 0.619 e. The number of aromatic nitrogens is 2. The average molecular weight is 374 g/mol. The molecule has 0 fully saturated rings. The second-order valence-electron chi connectivity index (χ2n) is 4.73. The van der Waals surface area contributed by atoms with Crippen LogP contribution in [-0.2, 0) is 15.6 Å². The number of hydrogen-bond donors (Lipinski definition) is 0. The topological polar surface area (TPSA) is 77.2 Å². The monoisotopic (exact) mass is 373 g/mol. The van der Waals surface area contributed by atoms with E-state index >= 15 is 0 Å². The van der Waals surface area contributed by atoms with Crippen molar-refractivity contribution in [1.29, 1.82) is 0 Å². The highest BCUT2D eigenvalue weighted by molar-refractivity contribution is 7.84. The van der Waals surface area contributed by atoms with Crippen LogP contribution in [0.5, 0.6) is 0 Å². The molecule has 2 heterocycles. The number of carbonyl (C=O) groups excluding carboxylic acids is 1. The number of nitrogens with zero attached hydrogens (tertiary/aromatic N) is 3. The molecule has 2 rings (SSSR count). The molecule has 0 N–H and O–H groups in total. The molecule has 0 saturated carbocycles. The van der Waals surface area contributed by atoms with Crippen molar-refractivity contribution in [2.75, 3.05) is 23.5 Å². The summed E-state index contributed by atoms with van der Waals surface area (Å²) in [5.41, 5.74) is 0.638. The standard InChI is InChI=1S/C14H16ClN3O3S2/c1-3-18(11(19)6-8-23(2)21)14-12(15)16-13(22-14)10-5-4-7-17(20)9-10/h4-5,7,9H,3,6,8H2,1-2H3. The van der Waals surface area contributed by atoms with Gasteiger partial charge in [0.05, 0.1) is 5.56 Å². The first-order valence-electron chi connectivity index (χ1n) is 6.88. The smallest absolute Gasteiger partial charge is 0.228 e. The zero-order chi connectivity index (χ0) is 17.0. The van der Waals surface area contributed by atoms with Gasteiger partial charge in [-0.05, 0) is 13.0 Å². The minimum Gasteiger partial charge on any atom is -0.619 e. The molecule has 124 valence electrons. The molecule has 0 radical (unpaired) electrons. The molecule has 0 aliphatic carbocycles. The lowest BCUT2D eigenvalue weighted by Crippen LogP contribution is -2.31. The van der Waals surface area contributed by atoms with Crippen molar-refractivity contribution >= 4 is 44.6 Å². The maximum Gasteiger partial charge on any atom is 0.228 e. The van der Waals surface area contributed by atoms with Gasteiger partial charge in [0.2, 0.25) is 5.91 Å². The summed E-state index contributed by atoms with van der Waals surface area (Å²) < 4.78 is 11.8. The lowest BCUT2D eigenvalue weighted by Gasteiger charge is -2.18. The molecule has 9 heteroatoms. The molecule has 0 saturated heterocycles. The lowest BCUT2D eigenvalue weighted by molar-refractivity contribution is -0.604. The fraction of sp³-hybridized carbons (Fsp3) is 0.357. The van der Waals surface area contributed by atoms with Gasteiger partial charge in [-0.1, -0.05) is 22.9 Å². The van der Waals surface area contributed by atoms with Gasteiger partial charge >= 0.3 is 0 Å². The first-order valence-corrected chi connectivity index (χ1v) is 9.80. The Hall–Kier alpha value is -1.51. The van der Waals surface area contributed by atoms with Crippen LogP contribution in [0.25, 0.3) is 10.6 Å². The van der Waals surface area contributed by atoms with E-state index in [0.29, 0.717) is 32.6 Å². The quantitative estimate of drug-likeness (QED) is 0.574. The van der Waals surface area contributed by atoms with Gasteiger partial charge in [0.25, 0.3) is 0 Å². The first kappa shape index (κ1) is 17.8. The molecule has 23 heavy (non-hydrogen) atoms. The van der Waals surface area contributed by atoms with Crippen molar-refractivity contribution in [3.05, 3.63) is 34.9 Å². The number of pyridine rings is 1. The van der Waals surface area contributed by atoms with E-state index in [0.717, 1.165) is 0 Å². The van der Waals surface area contributed by atoms with Crippen molar-refractivity contribution < 1.29 is 13.7 Å². The summed E-state index contributed by atoms with van der Waals surface area (Å²) in [4.78, 5) is 18.1. The SMILES string of the molecule is CCN(C(=O)CCS(C)=O)c1sc(-c2ccc[n+]([O-])c2)nc1Cl. The number of carbonyl (C=O) groups is 1. The van der Waals surface area contributed by atoms with E-state index in [1.807, 2.05) is 6.92 Å². The normalized spacial score (nSPS) is 12.1. The number of halogens is 1. The van der Waals surface area contributed by atoms with Crippen LogP contribution in [0.1, 0.15) is 13.3 Å². The van der Waals surface area contributed by atoms with E-state index in [-0.39, 0.29) is 17.5 Å². The Morgan fingerprint density at radius 2 is 2.30 bits per heavy atom. The third kappa shape index (κ3) is 4.49. The summed E-state index contributed by atoms with van der Waals surface area (Å²) in [5.74, 6) is 0.166. The molecule has 1 atom stereocenters. The number of rotatable bonds is 6.